The molecule has 0 aliphatic rings. The molecule has 0 aliphatic carbocycles. The Morgan fingerprint density at radius 2 is 1.00 bits per heavy atom. The van der Waals surface area contributed by atoms with E-state index in [1.165, 1.54) is 0 Å². The molecule has 0 radical (unpaired) electrons. The van der Waals surface area contributed by atoms with Gasteiger partial charge in [-0.3, -0.25) is 24.0 Å². The predicted octanol–water partition coefficient (Wildman–Crippen LogP) is -1.49. The van der Waals surface area contributed by atoms with E-state index in [0.717, 1.165) is 6.08 Å². The van der Waals surface area contributed by atoms with E-state index >= 15 is 0 Å². The van der Waals surface area contributed by atoms with E-state index in [1.54, 1.807) is 0 Å². The summed E-state index contributed by atoms with van der Waals surface area (Å²) in [6, 6.07) is 0. The summed E-state index contributed by atoms with van der Waals surface area (Å²) in [5, 5.41) is 42.3. The summed E-state index contributed by atoms with van der Waals surface area (Å²) in [5.74, 6) is -7.54. The number of rotatable bonds is 22. The van der Waals surface area contributed by atoms with E-state index in [1.807, 2.05) is 0 Å². The van der Waals surface area contributed by atoms with Gasteiger partial charge >= 0.3 is 23.9 Å². The fourth-order valence-electron chi connectivity index (χ4n) is 2.64. The first kappa shape index (κ1) is 34.7. The van der Waals surface area contributed by atoms with Crippen molar-refractivity contribution in [1.29, 1.82) is 0 Å². The zero-order valence-electron chi connectivity index (χ0n) is 21.1. The second-order valence-electron chi connectivity index (χ2n) is 7.70. The normalized spacial score (nSPS) is 11.4. The number of carbonyl (C=O) groups is 7. The standard InChI is InChI=1S/C23H33N3O13/c27-17(25-5-6-26-19(29)12-16(23(36)37)14-21(32)33)3-1-7-38-9-10-39-8-2-4-24-18(28)11-15(22(34)35)13-20(30)31/h11-12H,1-10,13-14H2,(H,24,28)(H,25,27)(H,26,29)(H,30,31)(H,32,33)(H,34,35)(H,36,37)/b15-11-,16-12-. The fourth-order valence-corrected chi connectivity index (χ4v) is 2.64. The van der Waals surface area contributed by atoms with Gasteiger partial charge in [-0.05, 0) is 12.8 Å². The van der Waals surface area contributed by atoms with Crippen LogP contribution in [-0.4, -0.2) is 108 Å². The molecule has 0 saturated heterocycles. The van der Waals surface area contributed by atoms with Crippen LogP contribution in [0.2, 0.25) is 0 Å². The molecule has 7 N–H and O–H groups in total. The van der Waals surface area contributed by atoms with Crippen molar-refractivity contribution in [3.05, 3.63) is 23.3 Å². The Bertz CT molecular complexity index is 944. The summed E-state index contributed by atoms with van der Waals surface area (Å²) in [6.45, 7) is 1.43. The van der Waals surface area contributed by atoms with Crippen molar-refractivity contribution in [2.45, 2.75) is 32.1 Å². The third-order valence-corrected chi connectivity index (χ3v) is 4.42. The number of carboxylic acids is 4. The predicted molar refractivity (Wildman–Crippen MR) is 130 cm³/mol. The molecule has 218 valence electrons. The lowest BCUT2D eigenvalue weighted by Gasteiger charge is -2.08. The Hall–Kier alpha value is -4.31. The van der Waals surface area contributed by atoms with Gasteiger partial charge in [-0.2, -0.15) is 0 Å². The van der Waals surface area contributed by atoms with Crippen molar-refractivity contribution in [2.75, 3.05) is 46.1 Å². The van der Waals surface area contributed by atoms with E-state index < -0.39 is 59.7 Å². The highest BCUT2D eigenvalue weighted by molar-refractivity contribution is 6.01. The summed E-state index contributed by atoms with van der Waals surface area (Å²) >= 11 is 0. The van der Waals surface area contributed by atoms with E-state index in [9.17, 15) is 33.6 Å². The Morgan fingerprint density at radius 1 is 0.564 bits per heavy atom. The zero-order valence-corrected chi connectivity index (χ0v) is 21.1. The number of hydrogen-bond donors (Lipinski definition) is 7. The summed E-state index contributed by atoms with van der Waals surface area (Å²) in [5.41, 5.74) is -1.10. The molecule has 16 heteroatoms. The van der Waals surface area contributed by atoms with E-state index in [2.05, 4.69) is 16.0 Å². The maximum absolute atomic E-state index is 11.8. The molecular weight excluding hydrogens is 526 g/mol. The quantitative estimate of drug-likeness (QED) is 0.0590. The molecule has 0 aliphatic heterocycles. The van der Waals surface area contributed by atoms with Gasteiger partial charge in [-0.25, -0.2) is 9.59 Å². The molecule has 0 unspecified atom stereocenters. The highest BCUT2D eigenvalue weighted by Crippen LogP contribution is 2.02. The van der Waals surface area contributed by atoms with Crippen molar-refractivity contribution < 1.29 is 63.5 Å². The fraction of sp³-hybridized carbons (Fsp3) is 0.522. The maximum atomic E-state index is 11.8. The average Bonchev–Trinajstić information content (AvgIpc) is 2.83. The second kappa shape index (κ2) is 20.7. The lowest BCUT2D eigenvalue weighted by Crippen LogP contribution is -2.34. The van der Waals surface area contributed by atoms with Crippen molar-refractivity contribution in [1.82, 2.24) is 16.0 Å². The van der Waals surface area contributed by atoms with Gasteiger partial charge in [0.2, 0.25) is 17.7 Å². The van der Waals surface area contributed by atoms with Crippen molar-refractivity contribution in [2.24, 2.45) is 0 Å². The van der Waals surface area contributed by atoms with Crippen LogP contribution in [0.5, 0.6) is 0 Å². The van der Waals surface area contributed by atoms with Crippen LogP contribution in [0, 0.1) is 0 Å². The number of nitrogens with one attached hydrogen (secondary N) is 3. The average molecular weight is 560 g/mol. The SMILES string of the molecule is O=C(O)C/C(=C/C(=O)NCCCOCCOCCCC(=O)NCCNC(=O)/C=C(/CC(=O)O)C(=O)O)C(=O)O. The van der Waals surface area contributed by atoms with Gasteiger partial charge in [0, 0.05) is 51.4 Å². The number of aliphatic carboxylic acids is 4. The molecule has 0 aromatic rings. The van der Waals surface area contributed by atoms with Crippen LogP contribution in [0.3, 0.4) is 0 Å². The lowest BCUT2D eigenvalue weighted by molar-refractivity contribution is -0.139. The van der Waals surface area contributed by atoms with Gasteiger partial charge in [0.15, 0.2) is 0 Å². The Kier molecular flexibility index (Phi) is 18.4. The molecule has 0 heterocycles. The number of ether oxygens (including phenoxy) is 2. The molecule has 0 saturated carbocycles. The first-order valence-electron chi connectivity index (χ1n) is 11.7. The minimum atomic E-state index is -1.51. The molecule has 0 fully saturated rings. The van der Waals surface area contributed by atoms with Gasteiger partial charge in [0.25, 0.3) is 0 Å². The molecule has 0 rings (SSSR count). The van der Waals surface area contributed by atoms with Crippen LogP contribution in [0.4, 0.5) is 0 Å². The van der Waals surface area contributed by atoms with Crippen LogP contribution in [0.25, 0.3) is 0 Å². The minimum absolute atomic E-state index is 0.0172. The molecule has 0 aromatic carbocycles. The first-order chi connectivity index (χ1) is 18.4. The van der Waals surface area contributed by atoms with Crippen molar-refractivity contribution >= 4 is 41.6 Å². The van der Waals surface area contributed by atoms with Gasteiger partial charge < -0.3 is 45.9 Å². The lowest BCUT2D eigenvalue weighted by atomic mass is 10.2. The smallest absolute Gasteiger partial charge is 0.332 e. The van der Waals surface area contributed by atoms with E-state index in [4.69, 9.17) is 29.9 Å². The molecule has 0 spiro atoms. The zero-order chi connectivity index (χ0) is 29.6. The molecule has 39 heavy (non-hydrogen) atoms. The Balaban J connectivity index is 3.78. The van der Waals surface area contributed by atoms with Crippen LogP contribution < -0.4 is 16.0 Å². The summed E-state index contributed by atoms with van der Waals surface area (Å²) in [4.78, 5) is 77.9. The summed E-state index contributed by atoms with van der Waals surface area (Å²) in [7, 11) is 0. The highest BCUT2D eigenvalue weighted by Gasteiger charge is 2.14. The van der Waals surface area contributed by atoms with Crippen LogP contribution in [-0.2, 0) is 43.0 Å². The molecular formula is C23H33N3O13. The third kappa shape index (κ3) is 20.4. The Labute approximate surface area is 223 Å². The largest absolute Gasteiger partial charge is 0.481 e. The van der Waals surface area contributed by atoms with Gasteiger partial charge in [0.05, 0.1) is 37.2 Å². The molecule has 0 bridgehead atoms. The number of hydrogen-bond acceptors (Lipinski definition) is 9. The maximum Gasteiger partial charge on any atom is 0.332 e. The minimum Gasteiger partial charge on any atom is -0.481 e. The van der Waals surface area contributed by atoms with Gasteiger partial charge in [0.1, 0.15) is 0 Å². The number of carbonyl (C=O) groups excluding carboxylic acids is 3. The molecule has 16 nitrogen and oxygen atoms in total. The van der Waals surface area contributed by atoms with Crippen LogP contribution in [0.15, 0.2) is 23.3 Å². The molecule has 0 aromatic heterocycles. The second-order valence-corrected chi connectivity index (χ2v) is 7.70. The van der Waals surface area contributed by atoms with E-state index in [-0.39, 0.29) is 45.2 Å². The van der Waals surface area contributed by atoms with Gasteiger partial charge in [-0.15, -0.1) is 0 Å². The number of amides is 3. The number of carboxylic acid groups (broad SMARTS) is 4. The highest BCUT2D eigenvalue weighted by atomic mass is 16.5. The van der Waals surface area contributed by atoms with Crippen LogP contribution >= 0.6 is 0 Å². The third-order valence-electron chi connectivity index (χ3n) is 4.42. The summed E-state index contributed by atoms with van der Waals surface area (Å²) < 4.78 is 10.6. The molecule has 3 amide bonds. The topological polar surface area (TPSA) is 255 Å². The first-order valence-corrected chi connectivity index (χ1v) is 11.7. The van der Waals surface area contributed by atoms with E-state index in [0.29, 0.717) is 32.1 Å². The van der Waals surface area contributed by atoms with Crippen molar-refractivity contribution in [3.8, 4) is 0 Å². The Morgan fingerprint density at radius 3 is 1.46 bits per heavy atom. The van der Waals surface area contributed by atoms with Gasteiger partial charge in [-0.1, -0.05) is 0 Å². The monoisotopic (exact) mass is 559 g/mol. The van der Waals surface area contributed by atoms with Crippen molar-refractivity contribution in [3.63, 3.8) is 0 Å². The summed E-state index contributed by atoms with van der Waals surface area (Å²) in [6.07, 6.45) is 0.861. The molecule has 0 atom stereocenters. The van der Waals surface area contributed by atoms with Crippen LogP contribution in [0.1, 0.15) is 32.1 Å².